The lowest BCUT2D eigenvalue weighted by molar-refractivity contribution is -0.246. The van der Waals surface area contributed by atoms with Crippen molar-refractivity contribution in [2.24, 2.45) is 0 Å². The lowest BCUT2D eigenvalue weighted by atomic mass is 10.3. The molecule has 0 N–H and O–H groups in total. The van der Waals surface area contributed by atoms with Crippen molar-refractivity contribution in [2.45, 2.75) is 19.8 Å². The maximum atomic E-state index is 5.07. The van der Waals surface area contributed by atoms with Gasteiger partial charge in [0, 0.05) is 13.1 Å². The molecule has 0 saturated carbocycles. The zero-order chi connectivity index (χ0) is 5.82. The van der Waals surface area contributed by atoms with Gasteiger partial charge in [-0.15, -0.1) is 0 Å². The van der Waals surface area contributed by atoms with E-state index < -0.39 is 0 Å². The van der Waals surface area contributed by atoms with Gasteiger partial charge in [0.2, 0.25) is 0 Å². The van der Waals surface area contributed by atoms with Crippen LogP contribution in [0.5, 0.6) is 0 Å². The van der Waals surface area contributed by atoms with Gasteiger partial charge in [0.15, 0.2) is 0 Å². The van der Waals surface area contributed by atoms with Crippen LogP contribution < -0.4 is 0 Å². The van der Waals surface area contributed by atoms with Crippen molar-refractivity contribution in [1.29, 1.82) is 0 Å². The molecule has 48 valence electrons. The van der Waals surface area contributed by atoms with E-state index in [1.807, 2.05) is 5.06 Å². The molecule has 2 heteroatoms. The number of nitrogens with zero attached hydrogens (tertiary/aromatic N) is 1. The van der Waals surface area contributed by atoms with Gasteiger partial charge in [-0.2, -0.15) is 5.06 Å². The Balaban J connectivity index is 1.86. The van der Waals surface area contributed by atoms with E-state index in [-0.39, 0.29) is 0 Å². The van der Waals surface area contributed by atoms with Crippen LogP contribution in [0.25, 0.3) is 0 Å². The van der Waals surface area contributed by atoms with Crippen LogP contribution in [-0.4, -0.2) is 24.8 Å². The first kappa shape index (κ1) is 6.05. The van der Waals surface area contributed by atoms with Crippen molar-refractivity contribution >= 4 is 0 Å². The zero-order valence-corrected chi connectivity index (χ0v) is 5.39. The summed E-state index contributed by atoms with van der Waals surface area (Å²) in [6.45, 7) is 5.39. The Hall–Kier alpha value is -0.0800. The van der Waals surface area contributed by atoms with Crippen LogP contribution in [0.3, 0.4) is 0 Å². The number of unbranched alkanes of at least 4 members (excludes halogenated alkanes) is 1. The van der Waals surface area contributed by atoms with Crippen molar-refractivity contribution in [3.8, 4) is 0 Å². The Bertz CT molecular complexity index is 61.5. The van der Waals surface area contributed by atoms with Gasteiger partial charge >= 0.3 is 0 Å². The fourth-order valence-electron chi connectivity index (χ4n) is 0.731. The topological polar surface area (TPSA) is 12.5 Å². The SMILES string of the molecule is CCCCN1CCO1. The van der Waals surface area contributed by atoms with Gasteiger partial charge in [0.05, 0.1) is 6.61 Å². The lowest BCUT2D eigenvalue weighted by Crippen LogP contribution is -2.39. The maximum absolute atomic E-state index is 5.07. The lowest BCUT2D eigenvalue weighted by Gasteiger charge is -2.29. The Kier molecular flexibility index (Phi) is 2.30. The Morgan fingerprint density at radius 1 is 1.62 bits per heavy atom. The molecule has 0 aromatic rings. The second kappa shape index (κ2) is 3.05. The minimum Gasteiger partial charge on any atom is -0.297 e. The summed E-state index contributed by atoms with van der Waals surface area (Å²) in [7, 11) is 0. The van der Waals surface area contributed by atoms with Gasteiger partial charge in [-0.1, -0.05) is 13.3 Å². The van der Waals surface area contributed by atoms with Gasteiger partial charge in [-0.05, 0) is 6.42 Å². The van der Waals surface area contributed by atoms with Crippen LogP contribution in [0, 0.1) is 0 Å². The van der Waals surface area contributed by atoms with E-state index in [2.05, 4.69) is 6.92 Å². The molecule has 2 nitrogen and oxygen atoms in total. The minimum absolute atomic E-state index is 0.934. The molecule has 1 saturated heterocycles. The monoisotopic (exact) mass is 115 g/mol. The molecule has 0 bridgehead atoms. The Morgan fingerprint density at radius 2 is 2.38 bits per heavy atom. The number of hydrogen-bond acceptors (Lipinski definition) is 2. The summed E-state index contributed by atoms with van der Waals surface area (Å²) < 4.78 is 0. The normalized spacial score (nSPS) is 20.6. The smallest absolute Gasteiger partial charge is 0.0835 e. The second-order valence-electron chi connectivity index (χ2n) is 2.12. The Labute approximate surface area is 50.4 Å². The van der Waals surface area contributed by atoms with Crippen molar-refractivity contribution in [1.82, 2.24) is 5.06 Å². The average Bonchev–Trinajstić information content (AvgIpc) is 1.63. The number of hydrogen-bond donors (Lipinski definition) is 0. The predicted octanol–water partition coefficient (Wildman–Crippen LogP) is 1.03. The van der Waals surface area contributed by atoms with Crippen molar-refractivity contribution < 1.29 is 4.84 Å². The number of rotatable bonds is 3. The summed E-state index contributed by atoms with van der Waals surface area (Å²) in [5.74, 6) is 0. The summed E-state index contributed by atoms with van der Waals surface area (Å²) in [4.78, 5) is 5.07. The minimum atomic E-state index is 0.934. The van der Waals surface area contributed by atoms with E-state index in [1.165, 1.54) is 12.8 Å². The van der Waals surface area contributed by atoms with Crippen molar-refractivity contribution in [3.05, 3.63) is 0 Å². The third-order valence-corrected chi connectivity index (χ3v) is 1.38. The summed E-state index contributed by atoms with van der Waals surface area (Å²) in [6.07, 6.45) is 2.53. The zero-order valence-electron chi connectivity index (χ0n) is 5.39. The van der Waals surface area contributed by atoms with E-state index in [1.54, 1.807) is 0 Å². The maximum Gasteiger partial charge on any atom is 0.0835 e. The van der Waals surface area contributed by atoms with Gasteiger partial charge in [-0.3, -0.25) is 4.84 Å². The molecule has 1 aliphatic heterocycles. The van der Waals surface area contributed by atoms with E-state index in [4.69, 9.17) is 4.84 Å². The highest BCUT2D eigenvalue weighted by molar-refractivity contribution is 4.51. The third kappa shape index (κ3) is 1.46. The molecule has 1 rings (SSSR count). The molecule has 8 heavy (non-hydrogen) atoms. The first-order chi connectivity index (χ1) is 3.93. The summed E-state index contributed by atoms with van der Waals surface area (Å²) in [6, 6.07) is 0. The fraction of sp³-hybridized carbons (Fsp3) is 1.00. The highest BCUT2D eigenvalue weighted by atomic mass is 16.7. The van der Waals surface area contributed by atoms with Crippen LogP contribution in [0.4, 0.5) is 0 Å². The molecule has 0 radical (unpaired) electrons. The standard InChI is InChI=1S/C6H13NO/c1-2-3-4-7-5-6-8-7/h2-6H2,1H3. The second-order valence-corrected chi connectivity index (χ2v) is 2.12. The molecule has 0 unspecified atom stereocenters. The molecule has 0 spiro atoms. The van der Waals surface area contributed by atoms with Gasteiger partial charge in [-0.25, -0.2) is 0 Å². The molecule has 0 aromatic carbocycles. The van der Waals surface area contributed by atoms with E-state index >= 15 is 0 Å². The van der Waals surface area contributed by atoms with E-state index in [0.717, 1.165) is 19.7 Å². The number of hydroxylamine groups is 2. The van der Waals surface area contributed by atoms with Crippen molar-refractivity contribution in [3.63, 3.8) is 0 Å². The molecule has 0 aliphatic carbocycles. The van der Waals surface area contributed by atoms with E-state index in [9.17, 15) is 0 Å². The molecule has 1 aliphatic rings. The van der Waals surface area contributed by atoms with Crippen LogP contribution in [0.1, 0.15) is 19.8 Å². The van der Waals surface area contributed by atoms with Gasteiger partial charge < -0.3 is 0 Å². The van der Waals surface area contributed by atoms with Crippen LogP contribution in [0.2, 0.25) is 0 Å². The summed E-state index contributed by atoms with van der Waals surface area (Å²) in [5, 5.41) is 2.02. The molecular weight excluding hydrogens is 102 g/mol. The van der Waals surface area contributed by atoms with Crippen molar-refractivity contribution in [2.75, 3.05) is 19.7 Å². The molecule has 1 fully saturated rings. The largest absolute Gasteiger partial charge is 0.297 e. The summed E-state index contributed by atoms with van der Waals surface area (Å²) >= 11 is 0. The van der Waals surface area contributed by atoms with Gasteiger partial charge in [0.1, 0.15) is 0 Å². The van der Waals surface area contributed by atoms with Gasteiger partial charge in [0.25, 0.3) is 0 Å². The molecule has 0 amide bonds. The summed E-state index contributed by atoms with van der Waals surface area (Å²) in [5.41, 5.74) is 0. The average molecular weight is 115 g/mol. The molecule has 0 atom stereocenters. The predicted molar refractivity (Wildman–Crippen MR) is 32.4 cm³/mol. The first-order valence-corrected chi connectivity index (χ1v) is 3.31. The molecule has 1 heterocycles. The molecular formula is C6H13NO. The fourth-order valence-corrected chi connectivity index (χ4v) is 0.731. The highest BCUT2D eigenvalue weighted by Gasteiger charge is 2.12. The first-order valence-electron chi connectivity index (χ1n) is 3.31. The third-order valence-electron chi connectivity index (χ3n) is 1.38. The Morgan fingerprint density at radius 3 is 2.75 bits per heavy atom. The van der Waals surface area contributed by atoms with Crippen LogP contribution in [0.15, 0.2) is 0 Å². The van der Waals surface area contributed by atoms with Crippen LogP contribution in [-0.2, 0) is 4.84 Å². The molecule has 0 aromatic heterocycles. The highest BCUT2D eigenvalue weighted by Crippen LogP contribution is 2.02. The van der Waals surface area contributed by atoms with E-state index in [0.29, 0.717) is 0 Å². The quantitative estimate of drug-likeness (QED) is 0.544. The van der Waals surface area contributed by atoms with Crippen LogP contribution >= 0.6 is 0 Å².